The number of benzene rings is 2. The highest BCUT2D eigenvalue weighted by Crippen LogP contribution is 2.38. The van der Waals surface area contributed by atoms with Gasteiger partial charge in [-0.3, -0.25) is 0 Å². The van der Waals surface area contributed by atoms with Gasteiger partial charge in [0.2, 0.25) is 0 Å². The largest absolute Gasteiger partial charge is 0.353 e. The van der Waals surface area contributed by atoms with Gasteiger partial charge in [-0.15, -0.1) is 0 Å². The molecule has 5 heteroatoms. The highest BCUT2D eigenvalue weighted by atomic mass is 35.5. The number of hydrogen-bond acceptors (Lipinski definition) is 3. The van der Waals surface area contributed by atoms with Crippen LogP contribution in [0.2, 0.25) is 5.02 Å². The van der Waals surface area contributed by atoms with Crippen LogP contribution in [0, 0.1) is 5.82 Å². The molecule has 2 aliphatic rings. The van der Waals surface area contributed by atoms with Crippen molar-refractivity contribution in [1.82, 2.24) is 5.32 Å². The Morgan fingerprint density at radius 1 is 1.17 bits per heavy atom. The smallest absolute Gasteiger partial charge is 0.124 e. The van der Waals surface area contributed by atoms with E-state index >= 15 is 0 Å². The maximum Gasteiger partial charge on any atom is 0.124 e. The number of aliphatic imine (C=N–C) groups is 1. The van der Waals surface area contributed by atoms with Crippen molar-refractivity contribution in [3.8, 4) is 0 Å². The Labute approximate surface area is 145 Å². The van der Waals surface area contributed by atoms with E-state index in [2.05, 4.69) is 23.6 Å². The minimum atomic E-state index is -0.269. The van der Waals surface area contributed by atoms with Crippen LogP contribution in [0.1, 0.15) is 18.9 Å². The molecule has 1 unspecified atom stereocenters. The molecule has 0 saturated heterocycles. The van der Waals surface area contributed by atoms with Crippen molar-refractivity contribution < 1.29 is 4.39 Å². The van der Waals surface area contributed by atoms with Gasteiger partial charge in [0.25, 0.3) is 0 Å². The summed E-state index contributed by atoms with van der Waals surface area (Å²) < 4.78 is 13.9. The first-order valence-electron chi connectivity index (χ1n) is 8.00. The highest BCUT2D eigenvalue weighted by Gasteiger charge is 2.22. The van der Waals surface area contributed by atoms with Crippen molar-refractivity contribution >= 4 is 34.4 Å². The first-order valence-corrected chi connectivity index (χ1v) is 8.37. The molecular weight excluding hydrogens is 325 g/mol. The molecule has 122 valence electrons. The summed E-state index contributed by atoms with van der Waals surface area (Å²) in [6.45, 7) is 2.98. The van der Waals surface area contributed by atoms with Crippen LogP contribution in [0.25, 0.3) is 0 Å². The van der Waals surface area contributed by atoms with E-state index in [-0.39, 0.29) is 11.9 Å². The lowest BCUT2D eigenvalue weighted by molar-refractivity contribution is 0.605. The number of fused-ring (bicyclic) bond motifs is 2. The van der Waals surface area contributed by atoms with Crippen molar-refractivity contribution in [2.45, 2.75) is 19.4 Å². The van der Waals surface area contributed by atoms with Gasteiger partial charge in [0, 0.05) is 22.3 Å². The van der Waals surface area contributed by atoms with Crippen LogP contribution in [-0.4, -0.2) is 18.3 Å². The Kier molecular flexibility index (Phi) is 3.87. The van der Waals surface area contributed by atoms with E-state index < -0.39 is 0 Å². The first-order chi connectivity index (χ1) is 11.6. The minimum absolute atomic E-state index is 0.267. The molecule has 2 N–H and O–H groups in total. The zero-order chi connectivity index (χ0) is 16.7. The molecule has 0 aliphatic carbocycles. The van der Waals surface area contributed by atoms with E-state index in [1.54, 1.807) is 12.1 Å². The maximum atomic E-state index is 13.9. The molecule has 0 bridgehead atoms. The standard InChI is InChI=1S/C19H17ClFN3/c1-11-8-12(6-7-22-11)19-15-10-14(21)3-5-16(15)23-17-4-2-13(20)9-18(17)24-19/h2-5,8-11,22-23H,6-7H2,1H3. The molecule has 3 nitrogen and oxygen atoms in total. The van der Waals surface area contributed by atoms with Crippen LogP contribution in [-0.2, 0) is 0 Å². The highest BCUT2D eigenvalue weighted by molar-refractivity contribution is 6.31. The van der Waals surface area contributed by atoms with E-state index in [1.807, 2.05) is 18.2 Å². The van der Waals surface area contributed by atoms with Gasteiger partial charge in [0.15, 0.2) is 0 Å². The third-order valence-corrected chi connectivity index (χ3v) is 4.55. The quantitative estimate of drug-likeness (QED) is 0.768. The van der Waals surface area contributed by atoms with E-state index in [0.29, 0.717) is 5.02 Å². The summed E-state index contributed by atoms with van der Waals surface area (Å²) in [4.78, 5) is 4.85. The van der Waals surface area contributed by atoms with Crippen molar-refractivity contribution in [3.05, 3.63) is 64.5 Å². The minimum Gasteiger partial charge on any atom is -0.353 e. The Bertz CT molecular complexity index is 873. The Morgan fingerprint density at radius 3 is 2.83 bits per heavy atom. The van der Waals surface area contributed by atoms with E-state index in [1.165, 1.54) is 6.07 Å². The molecule has 2 aromatic carbocycles. The fraction of sp³-hybridized carbons (Fsp3) is 0.211. The maximum absolute atomic E-state index is 13.9. The molecule has 24 heavy (non-hydrogen) atoms. The second-order valence-corrected chi connectivity index (χ2v) is 6.56. The van der Waals surface area contributed by atoms with Crippen molar-refractivity contribution in [2.24, 2.45) is 4.99 Å². The molecule has 2 aromatic rings. The molecule has 0 radical (unpaired) electrons. The van der Waals surface area contributed by atoms with Crippen LogP contribution < -0.4 is 10.6 Å². The predicted molar refractivity (Wildman–Crippen MR) is 97.5 cm³/mol. The summed E-state index contributed by atoms with van der Waals surface area (Å²) >= 11 is 6.14. The molecule has 0 amide bonds. The number of nitrogens with one attached hydrogen (secondary N) is 2. The van der Waals surface area contributed by atoms with Gasteiger partial charge in [-0.05, 0) is 61.9 Å². The molecule has 2 aliphatic heterocycles. The molecular formula is C19H17ClFN3. The molecule has 0 fully saturated rings. The second kappa shape index (κ2) is 6.04. The van der Waals surface area contributed by atoms with Crippen LogP contribution in [0.15, 0.2) is 53.0 Å². The van der Waals surface area contributed by atoms with Gasteiger partial charge >= 0.3 is 0 Å². The SMILES string of the molecule is CC1C=C(C2=Nc3cc(Cl)ccc3Nc3ccc(F)cc32)CCN1. The topological polar surface area (TPSA) is 36.4 Å². The number of rotatable bonds is 1. The summed E-state index contributed by atoms with van der Waals surface area (Å²) in [6.07, 6.45) is 3.02. The van der Waals surface area contributed by atoms with Crippen LogP contribution >= 0.6 is 11.6 Å². The third kappa shape index (κ3) is 2.83. The van der Waals surface area contributed by atoms with E-state index in [0.717, 1.165) is 46.9 Å². The first kappa shape index (κ1) is 15.4. The lowest BCUT2D eigenvalue weighted by Gasteiger charge is -2.21. The van der Waals surface area contributed by atoms with Crippen molar-refractivity contribution in [1.29, 1.82) is 0 Å². The zero-order valence-corrected chi connectivity index (χ0v) is 14.0. The summed E-state index contributed by atoms with van der Waals surface area (Å²) in [5.41, 5.74) is 5.20. The van der Waals surface area contributed by atoms with Crippen LogP contribution in [0.5, 0.6) is 0 Å². The molecule has 0 spiro atoms. The van der Waals surface area contributed by atoms with Crippen LogP contribution in [0.4, 0.5) is 21.5 Å². The van der Waals surface area contributed by atoms with E-state index in [9.17, 15) is 4.39 Å². The predicted octanol–water partition coefficient (Wildman–Crippen LogP) is 4.97. The van der Waals surface area contributed by atoms with Gasteiger partial charge in [-0.25, -0.2) is 9.38 Å². The monoisotopic (exact) mass is 341 g/mol. The molecule has 2 heterocycles. The average Bonchev–Trinajstić information content (AvgIpc) is 2.71. The number of anilines is 2. The molecule has 0 saturated carbocycles. The summed E-state index contributed by atoms with van der Waals surface area (Å²) in [5, 5.41) is 7.37. The molecule has 0 aromatic heterocycles. The zero-order valence-electron chi connectivity index (χ0n) is 13.2. The van der Waals surface area contributed by atoms with Gasteiger partial charge < -0.3 is 10.6 Å². The Morgan fingerprint density at radius 2 is 2.00 bits per heavy atom. The number of halogens is 2. The van der Waals surface area contributed by atoms with Gasteiger partial charge in [0.1, 0.15) is 5.82 Å². The number of hydrogen-bond donors (Lipinski definition) is 2. The molecule has 4 rings (SSSR count). The fourth-order valence-electron chi connectivity index (χ4n) is 3.17. The van der Waals surface area contributed by atoms with E-state index in [4.69, 9.17) is 16.6 Å². The van der Waals surface area contributed by atoms with Gasteiger partial charge in [-0.2, -0.15) is 0 Å². The summed E-state index contributed by atoms with van der Waals surface area (Å²) in [7, 11) is 0. The van der Waals surface area contributed by atoms with Gasteiger partial charge in [-0.1, -0.05) is 17.7 Å². The van der Waals surface area contributed by atoms with Crippen LogP contribution in [0.3, 0.4) is 0 Å². The summed E-state index contributed by atoms with van der Waals surface area (Å²) in [5.74, 6) is -0.269. The lowest BCUT2D eigenvalue weighted by atomic mass is 9.94. The van der Waals surface area contributed by atoms with Gasteiger partial charge in [0.05, 0.1) is 17.1 Å². The Balaban J connectivity index is 1.95. The third-order valence-electron chi connectivity index (χ3n) is 4.31. The van der Waals surface area contributed by atoms with Crippen molar-refractivity contribution in [2.75, 3.05) is 11.9 Å². The van der Waals surface area contributed by atoms with Crippen molar-refractivity contribution in [3.63, 3.8) is 0 Å². The normalized spacial score (nSPS) is 19.4. The second-order valence-electron chi connectivity index (χ2n) is 6.12. The fourth-order valence-corrected chi connectivity index (χ4v) is 3.34. The number of nitrogens with zero attached hydrogens (tertiary/aromatic N) is 1. The molecule has 1 atom stereocenters. The summed E-state index contributed by atoms with van der Waals surface area (Å²) in [6, 6.07) is 10.6. The average molecular weight is 342 g/mol. The Hall–Kier alpha value is -2.17. The lowest BCUT2D eigenvalue weighted by Crippen LogP contribution is -2.31.